The second kappa shape index (κ2) is 13.3. The van der Waals surface area contributed by atoms with Crippen LogP contribution in [0.25, 0.3) is 0 Å². The lowest BCUT2D eigenvalue weighted by atomic mass is 10.1. The molecule has 1 N–H and O–H groups in total. The summed E-state index contributed by atoms with van der Waals surface area (Å²) in [7, 11) is -4.11. The van der Waals surface area contributed by atoms with Crippen molar-refractivity contribution in [3.8, 4) is 0 Å². The van der Waals surface area contributed by atoms with Gasteiger partial charge in [0.15, 0.2) is 0 Å². The summed E-state index contributed by atoms with van der Waals surface area (Å²) in [5.74, 6) is -0.580. The third kappa shape index (κ3) is 8.08. The Balaban J connectivity index is 2.04. The maximum Gasteiger partial charge on any atom is 0.264 e. The summed E-state index contributed by atoms with van der Waals surface area (Å²) in [5.41, 5.74) is 3.80. The second-order valence-electron chi connectivity index (χ2n) is 10.6. The van der Waals surface area contributed by atoms with Gasteiger partial charge in [-0.05, 0) is 86.7 Å². The van der Waals surface area contributed by atoms with E-state index in [2.05, 4.69) is 5.32 Å². The summed E-state index contributed by atoms with van der Waals surface area (Å²) in [6.45, 7) is 11.3. The summed E-state index contributed by atoms with van der Waals surface area (Å²) >= 11 is 6.06. The van der Waals surface area contributed by atoms with Gasteiger partial charge in [-0.15, -0.1) is 0 Å². The van der Waals surface area contributed by atoms with Crippen molar-refractivity contribution in [2.75, 3.05) is 17.4 Å². The number of aryl methyl sites for hydroxylation is 3. The van der Waals surface area contributed by atoms with Crippen molar-refractivity contribution >= 4 is 39.1 Å². The number of hydrogen-bond donors (Lipinski definition) is 1. The molecule has 0 saturated carbocycles. The molecule has 0 radical (unpaired) electrons. The number of rotatable bonds is 11. The molecular formula is C31H38ClN3O4S. The van der Waals surface area contributed by atoms with Crippen molar-refractivity contribution in [1.82, 2.24) is 10.2 Å². The molecule has 40 heavy (non-hydrogen) atoms. The zero-order chi connectivity index (χ0) is 29.6. The Labute approximate surface area is 243 Å². The number of halogens is 1. The van der Waals surface area contributed by atoms with Gasteiger partial charge in [0.1, 0.15) is 12.6 Å². The van der Waals surface area contributed by atoms with Gasteiger partial charge in [0.25, 0.3) is 10.0 Å². The number of sulfonamides is 1. The van der Waals surface area contributed by atoms with Crippen LogP contribution in [0.1, 0.15) is 43.0 Å². The van der Waals surface area contributed by atoms with E-state index in [1.165, 1.54) is 17.0 Å². The molecule has 0 aliphatic carbocycles. The highest BCUT2D eigenvalue weighted by atomic mass is 35.5. The van der Waals surface area contributed by atoms with E-state index in [0.717, 1.165) is 26.6 Å². The van der Waals surface area contributed by atoms with E-state index in [9.17, 15) is 18.0 Å². The molecule has 9 heteroatoms. The molecule has 1 atom stereocenters. The molecule has 3 aromatic rings. The Hall–Kier alpha value is -3.36. The summed E-state index contributed by atoms with van der Waals surface area (Å²) in [4.78, 5) is 28.6. The minimum atomic E-state index is -4.11. The molecule has 0 aromatic heterocycles. The highest BCUT2D eigenvalue weighted by Crippen LogP contribution is 2.27. The highest BCUT2D eigenvalue weighted by Gasteiger charge is 2.32. The van der Waals surface area contributed by atoms with Crippen LogP contribution >= 0.6 is 11.6 Å². The van der Waals surface area contributed by atoms with E-state index in [1.54, 1.807) is 55.5 Å². The van der Waals surface area contributed by atoms with Crippen LogP contribution in [0.5, 0.6) is 0 Å². The van der Waals surface area contributed by atoms with Crippen LogP contribution in [0.15, 0.2) is 71.6 Å². The van der Waals surface area contributed by atoms with E-state index in [1.807, 2.05) is 40.7 Å². The molecule has 3 rings (SSSR count). The van der Waals surface area contributed by atoms with Gasteiger partial charge in [-0.25, -0.2) is 8.42 Å². The fraction of sp³-hybridized carbons (Fsp3) is 0.355. The quantitative estimate of drug-likeness (QED) is 0.316. The van der Waals surface area contributed by atoms with Gasteiger partial charge in [-0.3, -0.25) is 13.9 Å². The summed E-state index contributed by atoms with van der Waals surface area (Å²) in [5, 5.41) is 3.44. The van der Waals surface area contributed by atoms with Gasteiger partial charge in [-0.1, -0.05) is 61.3 Å². The third-order valence-electron chi connectivity index (χ3n) is 6.50. The number of nitrogens with zero attached hydrogens (tertiary/aromatic N) is 2. The molecule has 2 amide bonds. The molecule has 7 nitrogen and oxygen atoms in total. The fourth-order valence-corrected chi connectivity index (χ4v) is 5.81. The Morgan fingerprint density at radius 1 is 0.850 bits per heavy atom. The number of anilines is 1. The van der Waals surface area contributed by atoms with Crippen LogP contribution in [0.4, 0.5) is 5.69 Å². The predicted molar refractivity (Wildman–Crippen MR) is 161 cm³/mol. The average molecular weight is 584 g/mol. The summed E-state index contributed by atoms with van der Waals surface area (Å²) in [6, 6.07) is 18.1. The number of amides is 2. The molecule has 3 aromatic carbocycles. The highest BCUT2D eigenvalue weighted by molar-refractivity contribution is 7.92. The topological polar surface area (TPSA) is 86.8 Å². The maximum atomic E-state index is 14.0. The number of carbonyl (C=O) groups is 2. The Kier molecular flexibility index (Phi) is 10.4. The van der Waals surface area contributed by atoms with Crippen LogP contribution < -0.4 is 9.62 Å². The Morgan fingerprint density at radius 3 is 1.98 bits per heavy atom. The van der Waals surface area contributed by atoms with E-state index < -0.39 is 28.5 Å². The van der Waals surface area contributed by atoms with Crippen molar-refractivity contribution in [2.24, 2.45) is 5.92 Å². The van der Waals surface area contributed by atoms with Crippen LogP contribution in [-0.2, 0) is 26.2 Å². The summed E-state index contributed by atoms with van der Waals surface area (Å²) in [6.07, 6.45) is 0. The van der Waals surface area contributed by atoms with Gasteiger partial charge >= 0.3 is 0 Å². The number of hydrogen-bond acceptors (Lipinski definition) is 4. The fourth-order valence-electron chi connectivity index (χ4n) is 4.28. The standard InChI is InChI=1S/C31H38ClN3O4S/c1-21(2)18-33-31(37)25(6)34(19-26-9-11-27(32)12-10-26)30(36)20-35(28-16-23(4)15-24(5)17-28)40(38,39)29-13-7-22(3)8-14-29/h7-17,21,25H,18-20H2,1-6H3,(H,33,37). The van der Waals surface area contributed by atoms with Gasteiger partial charge in [0, 0.05) is 18.1 Å². The average Bonchev–Trinajstić information content (AvgIpc) is 2.89. The first-order chi connectivity index (χ1) is 18.8. The molecule has 0 bridgehead atoms. The first-order valence-corrected chi connectivity index (χ1v) is 15.1. The third-order valence-corrected chi connectivity index (χ3v) is 8.54. The van der Waals surface area contributed by atoms with Crippen LogP contribution in [0.3, 0.4) is 0 Å². The lowest BCUT2D eigenvalue weighted by molar-refractivity contribution is -0.139. The van der Waals surface area contributed by atoms with E-state index in [-0.39, 0.29) is 23.3 Å². The molecule has 0 spiro atoms. The monoisotopic (exact) mass is 583 g/mol. The van der Waals surface area contributed by atoms with E-state index >= 15 is 0 Å². The van der Waals surface area contributed by atoms with Crippen LogP contribution in [-0.4, -0.2) is 44.3 Å². The Morgan fingerprint density at radius 2 is 1.43 bits per heavy atom. The predicted octanol–water partition coefficient (Wildman–Crippen LogP) is 5.65. The van der Waals surface area contributed by atoms with Crippen LogP contribution in [0, 0.1) is 26.7 Å². The lowest BCUT2D eigenvalue weighted by Crippen LogP contribution is -2.51. The maximum absolute atomic E-state index is 14.0. The first-order valence-electron chi connectivity index (χ1n) is 13.3. The molecule has 0 aliphatic heterocycles. The zero-order valence-corrected chi connectivity index (χ0v) is 25.5. The normalized spacial score (nSPS) is 12.2. The molecule has 0 saturated heterocycles. The second-order valence-corrected chi connectivity index (χ2v) is 12.9. The van der Waals surface area contributed by atoms with Crippen molar-refractivity contribution in [1.29, 1.82) is 0 Å². The van der Waals surface area contributed by atoms with E-state index in [4.69, 9.17) is 11.6 Å². The Bertz CT molecular complexity index is 1420. The molecule has 1 unspecified atom stereocenters. The minimum absolute atomic E-state index is 0.0806. The smallest absolute Gasteiger partial charge is 0.264 e. The van der Waals surface area contributed by atoms with Crippen molar-refractivity contribution in [2.45, 2.75) is 59.0 Å². The van der Waals surface area contributed by atoms with Crippen LogP contribution in [0.2, 0.25) is 5.02 Å². The van der Waals surface area contributed by atoms with Crippen molar-refractivity contribution in [3.05, 3.63) is 94.0 Å². The zero-order valence-electron chi connectivity index (χ0n) is 23.9. The lowest BCUT2D eigenvalue weighted by Gasteiger charge is -2.32. The van der Waals surface area contributed by atoms with Crippen molar-refractivity contribution in [3.63, 3.8) is 0 Å². The molecule has 0 fully saturated rings. The van der Waals surface area contributed by atoms with Gasteiger partial charge in [-0.2, -0.15) is 0 Å². The molecule has 0 heterocycles. The number of nitrogens with one attached hydrogen (secondary N) is 1. The molecule has 0 aliphatic rings. The number of benzene rings is 3. The SMILES string of the molecule is Cc1ccc(S(=O)(=O)N(CC(=O)N(Cc2ccc(Cl)cc2)C(C)C(=O)NCC(C)C)c2cc(C)cc(C)c2)cc1. The van der Waals surface area contributed by atoms with Gasteiger partial charge < -0.3 is 10.2 Å². The molecular weight excluding hydrogens is 546 g/mol. The largest absolute Gasteiger partial charge is 0.354 e. The van der Waals surface area contributed by atoms with Gasteiger partial charge in [0.05, 0.1) is 10.6 Å². The van der Waals surface area contributed by atoms with E-state index in [0.29, 0.717) is 17.3 Å². The van der Waals surface area contributed by atoms with Crippen molar-refractivity contribution < 1.29 is 18.0 Å². The molecule has 214 valence electrons. The summed E-state index contributed by atoms with van der Waals surface area (Å²) < 4.78 is 29.1. The first kappa shape index (κ1) is 31.2. The minimum Gasteiger partial charge on any atom is -0.354 e. The number of carbonyl (C=O) groups excluding carboxylic acids is 2. The van der Waals surface area contributed by atoms with Gasteiger partial charge in [0.2, 0.25) is 11.8 Å².